The lowest BCUT2D eigenvalue weighted by Crippen LogP contribution is -2.19. The topological polar surface area (TPSA) is 88.4 Å². The number of nitrogens with one attached hydrogen (secondary N) is 2. The van der Waals surface area contributed by atoms with Crippen molar-refractivity contribution in [3.63, 3.8) is 0 Å². The fraction of sp³-hybridized carbons (Fsp3) is 0.286. The van der Waals surface area contributed by atoms with Gasteiger partial charge in [0, 0.05) is 23.4 Å². The molecule has 7 heteroatoms. The van der Waals surface area contributed by atoms with Crippen molar-refractivity contribution in [1.82, 2.24) is 19.9 Å². The van der Waals surface area contributed by atoms with E-state index in [1.165, 1.54) is 12.8 Å². The van der Waals surface area contributed by atoms with Crippen molar-refractivity contribution in [3.05, 3.63) is 29.6 Å². The van der Waals surface area contributed by atoms with E-state index >= 15 is 0 Å². The van der Waals surface area contributed by atoms with Gasteiger partial charge in [0.25, 0.3) is 5.91 Å². The van der Waals surface area contributed by atoms with Crippen LogP contribution in [0.15, 0.2) is 24.0 Å². The van der Waals surface area contributed by atoms with Crippen molar-refractivity contribution in [3.8, 4) is 0 Å². The molecular weight excluding hydrogens is 270 g/mol. The predicted octanol–water partition coefficient (Wildman–Crippen LogP) is 0.733. The van der Waals surface area contributed by atoms with Crippen LogP contribution in [0, 0.1) is 0 Å². The van der Waals surface area contributed by atoms with Crippen LogP contribution < -0.4 is 10.6 Å². The number of nitrogens with zero attached hydrogens (tertiary/aromatic N) is 3. The van der Waals surface area contributed by atoms with Crippen LogP contribution in [0.4, 0.5) is 5.82 Å². The second-order valence-electron chi connectivity index (χ2n) is 5.31. The zero-order valence-electron chi connectivity index (χ0n) is 11.2. The Hall–Kier alpha value is -2.70. The minimum atomic E-state index is -0.341. The second-order valence-corrected chi connectivity index (χ2v) is 5.31. The minimum Gasteiger partial charge on any atom is -0.367 e. The summed E-state index contributed by atoms with van der Waals surface area (Å²) < 4.78 is 1.72. The lowest BCUT2D eigenvalue weighted by molar-refractivity contribution is -0.124. The molecule has 2 aromatic heterocycles. The summed E-state index contributed by atoms with van der Waals surface area (Å²) in [5.41, 5.74) is 1.84. The van der Waals surface area contributed by atoms with Crippen molar-refractivity contribution in [2.45, 2.75) is 25.3 Å². The highest BCUT2D eigenvalue weighted by Crippen LogP contribution is 2.25. The maximum Gasteiger partial charge on any atom is 0.254 e. The molecule has 1 aliphatic heterocycles. The van der Waals surface area contributed by atoms with Crippen LogP contribution in [0.1, 0.15) is 24.8 Å². The first-order chi connectivity index (χ1) is 10.2. The summed E-state index contributed by atoms with van der Waals surface area (Å²) in [5, 5.41) is 9.97. The number of fused-ring (bicyclic) bond motifs is 1. The van der Waals surface area contributed by atoms with E-state index in [4.69, 9.17) is 0 Å². The number of hydrogen-bond donors (Lipinski definition) is 2. The van der Waals surface area contributed by atoms with Gasteiger partial charge in [0.1, 0.15) is 5.82 Å². The number of carbonyl (C=O) groups excluding carboxylic acids is 2. The molecule has 0 radical (unpaired) electrons. The number of aromatic nitrogens is 3. The van der Waals surface area contributed by atoms with Crippen LogP contribution in [0.2, 0.25) is 0 Å². The molecule has 3 heterocycles. The number of rotatable bonds is 3. The van der Waals surface area contributed by atoms with E-state index in [1.54, 1.807) is 23.0 Å². The van der Waals surface area contributed by atoms with Crippen LogP contribution in [-0.2, 0) is 9.59 Å². The van der Waals surface area contributed by atoms with E-state index in [0.717, 1.165) is 11.4 Å². The van der Waals surface area contributed by atoms with Gasteiger partial charge in [-0.15, -0.1) is 0 Å². The first-order valence-corrected chi connectivity index (χ1v) is 6.85. The van der Waals surface area contributed by atoms with Crippen molar-refractivity contribution >= 4 is 29.4 Å². The Kier molecular flexibility index (Phi) is 2.53. The first kappa shape index (κ1) is 12.1. The standard InChI is InChI=1S/C14H13N5O2/c20-12-6-8(14(21)18-12)5-9-7-16-19-11(17-10-1-2-10)3-4-15-13(9)19/h3-5,7,10,17H,1-2,6H2,(H,18,20,21). The third kappa shape index (κ3) is 2.16. The van der Waals surface area contributed by atoms with Gasteiger partial charge < -0.3 is 5.32 Å². The third-order valence-electron chi connectivity index (χ3n) is 3.58. The molecule has 2 aromatic rings. The molecule has 1 aliphatic carbocycles. The van der Waals surface area contributed by atoms with Gasteiger partial charge in [-0.25, -0.2) is 4.98 Å². The first-order valence-electron chi connectivity index (χ1n) is 6.85. The fourth-order valence-corrected chi connectivity index (χ4v) is 2.37. The number of amides is 2. The zero-order chi connectivity index (χ0) is 14.4. The van der Waals surface area contributed by atoms with Gasteiger partial charge in [-0.1, -0.05) is 0 Å². The average molecular weight is 283 g/mol. The summed E-state index contributed by atoms with van der Waals surface area (Å²) in [4.78, 5) is 27.1. The quantitative estimate of drug-likeness (QED) is 0.640. The fourth-order valence-electron chi connectivity index (χ4n) is 2.37. The van der Waals surface area contributed by atoms with E-state index in [9.17, 15) is 9.59 Å². The molecule has 2 N–H and O–H groups in total. The smallest absolute Gasteiger partial charge is 0.254 e. The Morgan fingerprint density at radius 3 is 2.95 bits per heavy atom. The summed E-state index contributed by atoms with van der Waals surface area (Å²) in [6.07, 6.45) is 7.49. The Bertz CT molecular complexity index is 788. The van der Waals surface area contributed by atoms with Crippen molar-refractivity contribution in [2.24, 2.45) is 0 Å². The highest BCUT2D eigenvalue weighted by atomic mass is 16.2. The molecule has 0 spiro atoms. The van der Waals surface area contributed by atoms with Gasteiger partial charge in [-0.2, -0.15) is 9.61 Å². The van der Waals surface area contributed by atoms with Gasteiger partial charge in [0.15, 0.2) is 5.65 Å². The van der Waals surface area contributed by atoms with Gasteiger partial charge in [-0.3, -0.25) is 14.9 Å². The average Bonchev–Trinajstić information content (AvgIpc) is 3.09. The van der Waals surface area contributed by atoms with Crippen LogP contribution in [0.5, 0.6) is 0 Å². The number of hydrogen-bond acceptors (Lipinski definition) is 5. The lowest BCUT2D eigenvalue weighted by Gasteiger charge is -2.06. The highest BCUT2D eigenvalue weighted by molar-refractivity contribution is 6.15. The SMILES string of the molecule is O=C1CC(=Cc2cnn3c(NC4CC4)ccnc23)C(=O)N1. The number of carbonyl (C=O) groups is 2. The van der Waals surface area contributed by atoms with E-state index < -0.39 is 0 Å². The molecule has 0 aromatic carbocycles. The monoisotopic (exact) mass is 283 g/mol. The predicted molar refractivity (Wildman–Crippen MR) is 75.4 cm³/mol. The molecule has 1 saturated heterocycles. The summed E-state index contributed by atoms with van der Waals surface area (Å²) in [6.45, 7) is 0. The normalized spacial score (nSPS) is 20.3. The largest absolute Gasteiger partial charge is 0.367 e. The third-order valence-corrected chi connectivity index (χ3v) is 3.58. The Morgan fingerprint density at radius 1 is 1.38 bits per heavy atom. The Morgan fingerprint density at radius 2 is 2.24 bits per heavy atom. The van der Waals surface area contributed by atoms with E-state index in [-0.39, 0.29) is 18.2 Å². The second kappa shape index (κ2) is 4.41. The molecular formula is C14H13N5O2. The van der Waals surface area contributed by atoms with Crippen LogP contribution in [0.25, 0.3) is 11.7 Å². The lowest BCUT2D eigenvalue weighted by atomic mass is 10.1. The van der Waals surface area contributed by atoms with E-state index in [0.29, 0.717) is 17.3 Å². The molecule has 7 nitrogen and oxygen atoms in total. The molecule has 4 rings (SSSR count). The maximum atomic E-state index is 11.6. The van der Waals surface area contributed by atoms with E-state index in [1.807, 2.05) is 6.07 Å². The summed E-state index contributed by atoms with van der Waals surface area (Å²) in [7, 11) is 0. The molecule has 106 valence electrons. The molecule has 0 bridgehead atoms. The molecule has 1 saturated carbocycles. The summed E-state index contributed by atoms with van der Waals surface area (Å²) in [5.74, 6) is 0.275. The van der Waals surface area contributed by atoms with Gasteiger partial charge in [0.05, 0.1) is 12.6 Å². The Balaban J connectivity index is 1.74. The summed E-state index contributed by atoms with van der Waals surface area (Å²) in [6, 6.07) is 2.39. The number of anilines is 1. The zero-order valence-corrected chi connectivity index (χ0v) is 11.2. The Labute approximate surface area is 120 Å². The van der Waals surface area contributed by atoms with E-state index in [2.05, 4.69) is 20.7 Å². The van der Waals surface area contributed by atoms with Crippen LogP contribution >= 0.6 is 0 Å². The molecule has 2 aliphatic rings. The number of imide groups is 1. The van der Waals surface area contributed by atoms with Gasteiger partial charge >= 0.3 is 0 Å². The molecule has 0 unspecified atom stereocenters. The molecule has 2 fully saturated rings. The molecule has 0 atom stereocenters. The van der Waals surface area contributed by atoms with Gasteiger partial charge in [-0.05, 0) is 25.0 Å². The van der Waals surface area contributed by atoms with Crippen molar-refractivity contribution in [2.75, 3.05) is 5.32 Å². The van der Waals surface area contributed by atoms with Crippen molar-refractivity contribution < 1.29 is 9.59 Å². The minimum absolute atomic E-state index is 0.107. The maximum absolute atomic E-state index is 11.6. The summed E-state index contributed by atoms with van der Waals surface area (Å²) >= 11 is 0. The van der Waals surface area contributed by atoms with Gasteiger partial charge in [0.2, 0.25) is 5.91 Å². The van der Waals surface area contributed by atoms with Crippen LogP contribution in [0.3, 0.4) is 0 Å². The van der Waals surface area contributed by atoms with Crippen LogP contribution in [-0.4, -0.2) is 32.5 Å². The molecule has 2 amide bonds. The molecule has 21 heavy (non-hydrogen) atoms. The highest BCUT2D eigenvalue weighted by Gasteiger charge is 2.25. The van der Waals surface area contributed by atoms with Crippen molar-refractivity contribution in [1.29, 1.82) is 0 Å².